The molecule has 2 N–H and O–H groups in total. The first kappa shape index (κ1) is 14.4. The van der Waals surface area contributed by atoms with Gasteiger partial charge in [-0.2, -0.15) is 0 Å². The van der Waals surface area contributed by atoms with Gasteiger partial charge in [-0.1, -0.05) is 35.9 Å². The second-order valence-electron chi connectivity index (χ2n) is 5.02. The van der Waals surface area contributed by atoms with Crippen LogP contribution in [0.25, 0.3) is 0 Å². The molecule has 1 unspecified atom stereocenters. The lowest BCUT2D eigenvalue weighted by Crippen LogP contribution is -2.09. The summed E-state index contributed by atoms with van der Waals surface area (Å²) in [5.41, 5.74) is 4.17. The fourth-order valence-electron chi connectivity index (χ4n) is 2.27. The molecule has 0 aromatic heterocycles. The van der Waals surface area contributed by atoms with Crippen LogP contribution in [0.3, 0.4) is 0 Å². The number of phenols is 1. The molecule has 2 aromatic rings. The third kappa shape index (κ3) is 3.31. The molecule has 1 atom stereocenters. The minimum atomic E-state index is 0.0212. The van der Waals surface area contributed by atoms with Crippen molar-refractivity contribution in [3.05, 3.63) is 59.2 Å². The van der Waals surface area contributed by atoms with Crippen LogP contribution < -0.4 is 5.32 Å². The molecule has 0 amide bonds. The molecule has 0 heterocycles. The van der Waals surface area contributed by atoms with Gasteiger partial charge in [0.2, 0.25) is 0 Å². The quantitative estimate of drug-likeness (QED) is 0.863. The van der Waals surface area contributed by atoms with Gasteiger partial charge in [-0.05, 0) is 26.0 Å². The van der Waals surface area contributed by atoms with E-state index < -0.39 is 0 Å². The van der Waals surface area contributed by atoms with E-state index in [0.29, 0.717) is 12.4 Å². The van der Waals surface area contributed by atoms with Crippen molar-refractivity contribution in [2.45, 2.75) is 26.5 Å². The van der Waals surface area contributed by atoms with Crippen LogP contribution >= 0.6 is 0 Å². The highest BCUT2D eigenvalue weighted by molar-refractivity contribution is 5.53. The maximum atomic E-state index is 9.99. The van der Waals surface area contributed by atoms with Gasteiger partial charge >= 0.3 is 0 Å². The van der Waals surface area contributed by atoms with Crippen molar-refractivity contribution in [3.8, 4) is 5.75 Å². The van der Waals surface area contributed by atoms with Crippen molar-refractivity contribution in [2.24, 2.45) is 0 Å². The second kappa shape index (κ2) is 6.44. The molecule has 0 aliphatic rings. The highest BCUT2D eigenvalue weighted by Gasteiger charge is 2.12. The molecule has 0 fully saturated rings. The number of aromatic hydroxyl groups is 1. The SMILES string of the molecule is COCc1ccccc1NC(C)c1cc(C)ccc1O. The number of rotatable bonds is 5. The molecule has 0 radical (unpaired) electrons. The molecule has 3 heteroatoms. The highest BCUT2D eigenvalue weighted by Crippen LogP contribution is 2.29. The van der Waals surface area contributed by atoms with Crippen LogP contribution in [0.5, 0.6) is 5.75 Å². The minimum absolute atomic E-state index is 0.0212. The summed E-state index contributed by atoms with van der Waals surface area (Å²) in [5.74, 6) is 0.319. The smallest absolute Gasteiger partial charge is 0.120 e. The monoisotopic (exact) mass is 271 g/mol. The zero-order valence-electron chi connectivity index (χ0n) is 12.2. The van der Waals surface area contributed by atoms with Gasteiger partial charge < -0.3 is 15.2 Å². The van der Waals surface area contributed by atoms with Crippen molar-refractivity contribution in [2.75, 3.05) is 12.4 Å². The van der Waals surface area contributed by atoms with E-state index in [2.05, 4.69) is 5.32 Å². The topological polar surface area (TPSA) is 41.5 Å². The lowest BCUT2D eigenvalue weighted by molar-refractivity contribution is 0.185. The molecule has 2 rings (SSSR count). The zero-order chi connectivity index (χ0) is 14.5. The molecule has 2 aromatic carbocycles. The van der Waals surface area contributed by atoms with Crippen LogP contribution in [-0.4, -0.2) is 12.2 Å². The van der Waals surface area contributed by atoms with Crippen LogP contribution in [0.15, 0.2) is 42.5 Å². The predicted molar refractivity (Wildman–Crippen MR) is 82.0 cm³/mol. The Labute approximate surface area is 120 Å². The van der Waals surface area contributed by atoms with Gasteiger partial charge in [0.25, 0.3) is 0 Å². The molecule has 0 aliphatic heterocycles. The number of benzene rings is 2. The van der Waals surface area contributed by atoms with Gasteiger partial charge in [0, 0.05) is 23.9 Å². The Bertz CT molecular complexity index is 581. The number of aryl methyl sites for hydroxylation is 1. The largest absolute Gasteiger partial charge is 0.508 e. The number of para-hydroxylation sites is 1. The first-order valence-electron chi connectivity index (χ1n) is 6.74. The van der Waals surface area contributed by atoms with E-state index in [1.54, 1.807) is 13.2 Å². The average molecular weight is 271 g/mol. The third-order valence-electron chi connectivity index (χ3n) is 3.34. The summed E-state index contributed by atoms with van der Waals surface area (Å²) in [6.45, 7) is 4.63. The molecule has 0 bridgehead atoms. The Morgan fingerprint density at radius 3 is 2.70 bits per heavy atom. The first-order valence-corrected chi connectivity index (χ1v) is 6.74. The summed E-state index contributed by atoms with van der Waals surface area (Å²) in [6, 6.07) is 13.7. The highest BCUT2D eigenvalue weighted by atomic mass is 16.5. The summed E-state index contributed by atoms with van der Waals surface area (Å²) in [5, 5.41) is 13.4. The van der Waals surface area contributed by atoms with Gasteiger partial charge in [-0.25, -0.2) is 0 Å². The molecule has 106 valence electrons. The molecule has 0 saturated carbocycles. The van der Waals surface area contributed by atoms with E-state index in [1.165, 1.54) is 0 Å². The van der Waals surface area contributed by atoms with E-state index in [9.17, 15) is 5.11 Å². The van der Waals surface area contributed by atoms with Crippen molar-refractivity contribution in [1.82, 2.24) is 0 Å². The van der Waals surface area contributed by atoms with Crippen molar-refractivity contribution in [3.63, 3.8) is 0 Å². The average Bonchev–Trinajstić information content (AvgIpc) is 2.44. The third-order valence-corrected chi connectivity index (χ3v) is 3.34. The molecule has 0 aliphatic carbocycles. The van der Waals surface area contributed by atoms with Gasteiger partial charge in [0.15, 0.2) is 0 Å². The standard InChI is InChI=1S/C17H21NO2/c1-12-8-9-17(19)15(10-12)13(2)18-16-7-5-4-6-14(16)11-20-3/h4-10,13,18-19H,11H2,1-3H3. The second-order valence-corrected chi connectivity index (χ2v) is 5.02. The molecule has 0 saturated heterocycles. The number of nitrogens with one attached hydrogen (secondary N) is 1. The number of phenolic OH excluding ortho intramolecular Hbond substituents is 1. The van der Waals surface area contributed by atoms with E-state index >= 15 is 0 Å². The van der Waals surface area contributed by atoms with E-state index in [1.807, 2.05) is 50.2 Å². The minimum Gasteiger partial charge on any atom is -0.508 e. The first-order chi connectivity index (χ1) is 9.61. The fourth-order valence-corrected chi connectivity index (χ4v) is 2.27. The number of ether oxygens (including phenoxy) is 1. The number of methoxy groups -OCH3 is 1. The van der Waals surface area contributed by atoms with Crippen LogP contribution in [0, 0.1) is 6.92 Å². The Morgan fingerprint density at radius 1 is 1.20 bits per heavy atom. The van der Waals surface area contributed by atoms with Crippen molar-refractivity contribution >= 4 is 5.69 Å². The lowest BCUT2D eigenvalue weighted by atomic mass is 10.0. The summed E-state index contributed by atoms with van der Waals surface area (Å²) >= 11 is 0. The summed E-state index contributed by atoms with van der Waals surface area (Å²) < 4.78 is 5.21. The zero-order valence-corrected chi connectivity index (χ0v) is 12.2. The van der Waals surface area contributed by atoms with Crippen LogP contribution in [0.2, 0.25) is 0 Å². The Morgan fingerprint density at radius 2 is 1.95 bits per heavy atom. The van der Waals surface area contributed by atoms with Crippen molar-refractivity contribution < 1.29 is 9.84 Å². The normalized spacial score (nSPS) is 12.2. The van der Waals surface area contributed by atoms with Crippen LogP contribution in [0.4, 0.5) is 5.69 Å². The van der Waals surface area contributed by atoms with E-state index in [-0.39, 0.29) is 6.04 Å². The summed E-state index contributed by atoms with van der Waals surface area (Å²) in [6.07, 6.45) is 0. The Balaban J connectivity index is 2.23. The maximum absolute atomic E-state index is 9.99. The predicted octanol–water partition coefficient (Wildman–Crippen LogP) is 4.02. The van der Waals surface area contributed by atoms with Gasteiger partial charge in [-0.3, -0.25) is 0 Å². The van der Waals surface area contributed by atoms with Gasteiger partial charge in [-0.15, -0.1) is 0 Å². The van der Waals surface area contributed by atoms with Gasteiger partial charge in [0.05, 0.1) is 12.6 Å². The Kier molecular flexibility index (Phi) is 4.64. The fraction of sp³-hybridized carbons (Fsp3) is 0.294. The van der Waals surface area contributed by atoms with E-state index in [0.717, 1.165) is 22.4 Å². The lowest BCUT2D eigenvalue weighted by Gasteiger charge is -2.19. The molecule has 3 nitrogen and oxygen atoms in total. The molecular weight excluding hydrogens is 250 g/mol. The molecule has 20 heavy (non-hydrogen) atoms. The number of hydrogen-bond acceptors (Lipinski definition) is 3. The number of anilines is 1. The summed E-state index contributed by atoms with van der Waals surface area (Å²) in [7, 11) is 1.69. The summed E-state index contributed by atoms with van der Waals surface area (Å²) in [4.78, 5) is 0. The van der Waals surface area contributed by atoms with Crippen LogP contribution in [-0.2, 0) is 11.3 Å². The van der Waals surface area contributed by atoms with E-state index in [4.69, 9.17) is 4.74 Å². The van der Waals surface area contributed by atoms with Crippen molar-refractivity contribution in [1.29, 1.82) is 0 Å². The maximum Gasteiger partial charge on any atom is 0.120 e. The number of hydrogen-bond donors (Lipinski definition) is 2. The molecular formula is C17H21NO2. The Hall–Kier alpha value is -2.00. The van der Waals surface area contributed by atoms with Gasteiger partial charge in [0.1, 0.15) is 5.75 Å². The van der Waals surface area contributed by atoms with Crippen LogP contribution in [0.1, 0.15) is 29.7 Å². The molecule has 0 spiro atoms.